The first-order valence-corrected chi connectivity index (χ1v) is 10.5. The van der Waals surface area contributed by atoms with Gasteiger partial charge in [0.15, 0.2) is 0 Å². The molecule has 3 N–H and O–H groups in total. The van der Waals surface area contributed by atoms with Gasteiger partial charge in [0.05, 0.1) is 22.1 Å². The number of alkyl carbamates (subject to hydrolysis) is 1. The largest absolute Gasteiger partial charge is 0.444 e. The minimum Gasteiger partial charge on any atom is -0.444 e. The summed E-state index contributed by atoms with van der Waals surface area (Å²) in [6.07, 6.45) is 5.41. The standard InChI is InChI=1S/C17H29ClN4O3S/c1-17(2,3)25-16(23)20-6-11-26(24)22-9-7-21(8-10-22)13-4-5-14(18)15(19)12-13/h4-5,12,14-15H,6-11,19H2,1-3H3,(H,20,23). The smallest absolute Gasteiger partial charge is 0.407 e. The maximum absolute atomic E-state index is 12.4. The number of carbonyl (C=O) groups excluding carboxylic acids is 1. The number of piperazine rings is 1. The topological polar surface area (TPSA) is 87.9 Å². The van der Waals surface area contributed by atoms with Crippen molar-refractivity contribution in [3.8, 4) is 0 Å². The zero-order valence-corrected chi connectivity index (χ0v) is 17.2. The highest BCUT2D eigenvalue weighted by Gasteiger charge is 2.24. The van der Waals surface area contributed by atoms with Gasteiger partial charge in [0, 0.05) is 44.5 Å². The lowest BCUT2D eigenvalue weighted by Gasteiger charge is -2.37. The Morgan fingerprint density at radius 3 is 2.62 bits per heavy atom. The molecule has 1 amide bonds. The number of amides is 1. The lowest BCUT2D eigenvalue weighted by molar-refractivity contribution is 0.0531. The fourth-order valence-corrected chi connectivity index (χ4v) is 3.96. The van der Waals surface area contributed by atoms with Crippen LogP contribution >= 0.6 is 11.6 Å². The molecule has 148 valence electrons. The monoisotopic (exact) mass is 404 g/mol. The Balaban J connectivity index is 1.71. The predicted molar refractivity (Wildman–Crippen MR) is 105 cm³/mol. The average Bonchev–Trinajstić information content (AvgIpc) is 2.56. The molecule has 0 aromatic carbocycles. The highest BCUT2D eigenvalue weighted by molar-refractivity contribution is 7.82. The third-order valence-corrected chi connectivity index (χ3v) is 5.95. The fourth-order valence-electron chi connectivity index (χ4n) is 2.71. The van der Waals surface area contributed by atoms with Gasteiger partial charge in [-0.2, -0.15) is 0 Å². The number of nitrogens with zero attached hydrogens (tertiary/aromatic N) is 2. The molecule has 0 spiro atoms. The Morgan fingerprint density at radius 2 is 2.04 bits per heavy atom. The van der Waals surface area contributed by atoms with Crippen LogP contribution < -0.4 is 11.1 Å². The second-order valence-electron chi connectivity index (χ2n) is 7.34. The van der Waals surface area contributed by atoms with Crippen LogP contribution in [-0.2, 0) is 15.7 Å². The van der Waals surface area contributed by atoms with Crippen LogP contribution in [0, 0.1) is 0 Å². The van der Waals surface area contributed by atoms with E-state index in [1.807, 2.05) is 22.5 Å². The number of nitrogens with two attached hydrogens (primary N) is 1. The van der Waals surface area contributed by atoms with Gasteiger partial charge in [-0.1, -0.05) is 6.08 Å². The zero-order chi connectivity index (χ0) is 19.3. The molecule has 9 heteroatoms. The molecule has 7 nitrogen and oxygen atoms in total. The van der Waals surface area contributed by atoms with Crippen molar-refractivity contribution in [1.29, 1.82) is 0 Å². The van der Waals surface area contributed by atoms with Gasteiger partial charge in [-0.05, 0) is 32.9 Å². The molecule has 26 heavy (non-hydrogen) atoms. The normalized spacial score (nSPS) is 25.6. The molecule has 0 saturated carbocycles. The van der Waals surface area contributed by atoms with Gasteiger partial charge < -0.3 is 20.7 Å². The van der Waals surface area contributed by atoms with Crippen molar-refractivity contribution in [3.05, 3.63) is 23.9 Å². The van der Waals surface area contributed by atoms with Crippen LogP contribution in [0.25, 0.3) is 0 Å². The third kappa shape index (κ3) is 6.57. The van der Waals surface area contributed by atoms with Crippen molar-refractivity contribution in [3.63, 3.8) is 0 Å². The molecule has 3 unspecified atom stereocenters. The van der Waals surface area contributed by atoms with Gasteiger partial charge in [0.1, 0.15) is 5.60 Å². The number of nitrogens with one attached hydrogen (secondary N) is 1. The van der Waals surface area contributed by atoms with Gasteiger partial charge in [-0.15, -0.1) is 11.6 Å². The van der Waals surface area contributed by atoms with Crippen molar-refractivity contribution >= 4 is 28.7 Å². The van der Waals surface area contributed by atoms with Gasteiger partial charge >= 0.3 is 6.09 Å². The molecule has 0 radical (unpaired) electrons. The van der Waals surface area contributed by atoms with Crippen molar-refractivity contribution in [1.82, 2.24) is 14.5 Å². The minimum atomic E-state index is -1.13. The Bertz CT molecular complexity index is 583. The van der Waals surface area contributed by atoms with E-state index < -0.39 is 22.7 Å². The SMILES string of the molecule is CC(C)(C)OC(=O)NCCS(=O)N1CCN(C2=CC(N)C(Cl)C=C2)CC1. The molecule has 0 bridgehead atoms. The fraction of sp³-hybridized carbons (Fsp3) is 0.706. The number of halogens is 1. The molecular weight excluding hydrogens is 376 g/mol. The van der Waals surface area contributed by atoms with E-state index in [2.05, 4.69) is 10.2 Å². The summed E-state index contributed by atoms with van der Waals surface area (Å²) in [5, 5.41) is 2.48. The number of alkyl halides is 1. The zero-order valence-electron chi connectivity index (χ0n) is 15.6. The Kier molecular flexibility index (Phi) is 7.52. The number of hydrogen-bond donors (Lipinski definition) is 2. The molecule has 3 atom stereocenters. The number of ether oxygens (including phenoxy) is 1. The van der Waals surface area contributed by atoms with Crippen LogP contribution in [0.15, 0.2) is 23.9 Å². The molecule has 0 aromatic heterocycles. The highest BCUT2D eigenvalue weighted by Crippen LogP contribution is 2.19. The quantitative estimate of drug-likeness (QED) is 0.672. The van der Waals surface area contributed by atoms with E-state index in [0.29, 0.717) is 25.4 Å². The number of carbonyl (C=O) groups is 1. The summed E-state index contributed by atoms with van der Waals surface area (Å²) >= 11 is 6.08. The Hall–Kier alpha value is -1.09. The number of allylic oxidation sites excluding steroid dienone is 1. The highest BCUT2D eigenvalue weighted by atomic mass is 35.5. The van der Waals surface area contributed by atoms with Crippen molar-refractivity contribution in [2.24, 2.45) is 5.73 Å². The first-order valence-electron chi connectivity index (χ1n) is 8.80. The first-order chi connectivity index (χ1) is 12.2. The lowest BCUT2D eigenvalue weighted by Crippen LogP contribution is -2.48. The van der Waals surface area contributed by atoms with E-state index in [4.69, 9.17) is 22.1 Å². The van der Waals surface area contributed by atoms with Gasteiger partial charge in [-0.25, -0.2) is 13.3 Å². The van der Waals surface area contributed by atoms with E-state index in [1.54, 1.807) is 20.8 Å². The third-order valence-electron chi connectivity index (χ3n) is 4.02. The second kappa shape index (κ2) is 9.21. The maximum atomic E-state index is 12.4. The summed E-state index contributed by atoms with van der Waals surface area (Å²) in [6, 6.07) is -0.178. The molecule has 0 aromatic rings. The van der Waals surface area contributed by atoms with E-state index in [9.17, 15) is 9.00 Å². The van der Waals surface area contributed by atoms with Crippen LogP contribution in [0.2, 0.25) is 0 Å². The second-order valence-corrected chi connectivity index (χ2v) is 9.41. The van der Waals surface area contributed by atoms with E-state index in [0.717, 1.165) is 18.8 Å². The average molecular weight is 405 g/mol. The summed E-state index contributed by atoms with van der Waals surface area (Å²) in [4.78, 5) is 13.8. The summed E-state index contributed by atoms with van der Waals surface area (Å²) in [5.41, 5.74) is 6.52. The van der Waals surface area contributed by atoms with Crippen molar-refractivity contribution in [2.45, 2.75) is 37.8 Å². The number of hydrogen-bond acceptors (Lipinski definition) is 5. The van der Waals surface area contributed by atoms with Crippen LogP contribution in [0.1, 0.15) is 20.8 Å². The lowest BCUT2D eigenvalue weighted by atomic mass is 10.1. The molecule has 2 aliphatic rings. The predicted octanol–water partition coefficient (Wildman–Crippen LogP) is 1.18. The summed E-state index contributed by atoms with van der Waals surface area (Å²) in [7, 11) is -1.13. The van der Waals surface area contributed by atoms with Crippen molar-refractivity contribution in [2.75, 3.05) is 38.5 Å². The molecule has 2 rings (SSSR count). The van der Waals surface area contributed by atoms with Crippen LogP contribution in [0.4, 0.5) is 4.79 Å². The van der Waals surface area contributed by atoms with Crippen LogP contribution in [0.3, 0.4) is 0 Å². The van der Waals surface area contributed by atoms with E-state index >= 15 is 0 Å². The maximum Gasteiger partial charge on any atom is 0.407 e. The van der Waals surface area contributed by atoms with Crippen molar-refractivity contribution < 1.29 is 13.7 Å². The molecule has 1 aliphatic carbocycles. The summed E-state index contributed by atoms with van der Waals surface area (Å²) in [6.45, 7) is 8.70. The minimum absolute atomic E-state index is 0.162. The van der Waals surface area contributed by atoms with Gasteiger partial charge in [-0.3, -0.25) is 0 Å². The summed E-state index contributed by atoms with van der Waals surface area (Å²) < 4.78 is 19.5. The molecular formula is C17H29ClN4O3S. The Labute approximate surface area is 163 Å². The van der Waals surface area contributed by atoms with E-state index in [-0.39, 0.29) is 11.4 Å². The van der Waals surface area contributed by atoms with Crippen LogP contribution in [0.5, 0.6) is 0 Å². The summed E-state index contributed by atoms with van der Waals surface area (Å²) in [5.74, 6) is 0.376. The van der Waals surface area contributed by atoms with Gasteiger partial charge in [0.2, 0.25) is 0 Å². The van der Waals surface area contributed by atoms with Crippen LogP contribution in [-0.4, -0.2) is 75.0 Å². The van der Waals surface area contributed by atoms with Gasteiger partial charge in [0.25, 0.3) is 0 Å². The molecule has 1 saturated heterocycles. The molecule has 1 fully saturated rings. The number of rotatable bonds is 5. The first kappa shape index (κ1) is 21.2. The molecule has 1 aliphatic heterocycles. The van der Waals surface area contributed by atoms with E-state index in [1.165, 1.54) is 0 Å². The molecule has 1 heterocycles. The Morgan fingerprint density at radius 1 is 1.38 bits per heavy atom.